The topological polar surface area (TPSA) is 49.7 Å². The summed E-state index contributed by atoms with van der Waals surface area (Å²) in [5.41, 5.74) is 1.31. The van der Waals surface area contributed by atoms with Crippen molar-refractivity contribution in [3.05, 3.63) is 22.2 Å². The maximum absolute atomic E-state index is 9.01. The summed E-state index contributed by atoms with van der Waals surface area (Å²) in [5, 5.41) is 18.0. The van der Waals surface area contributed by atoms with Crippen molar-refractivity contribution in [2.45, 2.75) is 6.92 Å². The van der Waals surface area contributed by atoms with Crippen LogP contribution in [0.25, 0.3) is 0 Å². The van der Waals surface area contributed by atoms with E-state index in [9.17, 15) is 0 Å². The van der Waals surface area contributed by atoms with Gasteiger partial charge in [0.1, 0.15) is 5.75 Å². The summed E-state index contributed by atoms with van der Waals surface area (Å²) in [6, 6.07) is 3.39. The summed E-state index contributed by atoms with van der Waals surface area (Å²) in [6.07, 6.45) is 0. The Morgan fingerprint density at radius 1 is 1.38 bits per heavy atom. The molecule has 0 saturated carbocycles. The average molecular weight is 245 g/mol. The first kappa shape index (κ1) is 10.6. The van der Waals surface area contributed by atoms with Crippen molar-refractivity contribution >= 4 is 28.5 Å². The first-order valence-electron chi connectivity index (χ1n) is 3.76. The molecular weight excluding hydrogens is 235 g/mol. The maximum atomic E-state index is 9.01. The van der Waals surface area contributed by atoms with E-state index in [1.807, 2.05) is 6.92 Å². The highest BCUT2D eigenvalue weighted by molar-refractivity contribution is 9.10. The molecule has 0 aliphatic rings. The molecule has 0 amide bonds. The number of methoxy groups -OCH3 is 1. The second-order valence-electron chi connectivity index (χ2n) is 2.72. The Balaban J connectivity index is 3.25. The average Bonchev–Trinajstić information content (AvgIpc) is 2.08. The zero-order chi connectivity index (χ0) is 10.0. The lowest BCUT2D eigenvalue weighted by molar-refractivity contribution is 0.403. The predicted octanol–water partition coefficient (Wildman–Crippen LogP) is 0.446. The van der Waals surface area contributed by atoms with Gasteiger partial charge < -0.3 is 14.8 Å². The molecule has 0 fully saturated rings. The molecule has 70 valence electrons. The van der Waals surface area contributed by atoms with E-state index >= 15 is 0 Å². The van der Waals surface area contributed by atoms with Crippen molar-refractivity contribution in [2.75, 3.05) is 7.11 Å². The molecule has 1 aromatic rings. The minimum atomic E-state index is -1.50. The molecule has 0 atom stereocenters. The number of rotatable bonds is 2. The molecule has 5 heteroatoms. The molecular formula is C8H10BBrO3. The highest BCUT2D eigenvalue weighted by Gasteiger charge is 2.17. The van der Waals surface area contributed by atoms with Crippen molar-refractivity contribution in [1.82, 2.24) is 0 Å². The van der Waals surface area contributed by atoms with Gasteiger partial charge in [0.05, 0.1) is 7.11 Å². The van der Waals surface area contributed by atoms with Gasteiger partial charge in [-0.3, -0.25) is 0 Å². The molecule has 2 N–H and O–H groups in total. The SMILES string of the molecule is COc1cc(Br)c(C)cc1B(O)O. The van der Waals surface area contributed by atoms with Crippen LogP contribution >= 0.6 is 15.9 Å². The van der Waals surface area contributed by atoms with Gasteiger partial charge in [-0.05, 0) is 18.6 Å². The molecule has 0 aromatic heterocycles. The van der Waals surface area contributed by atoms with E-state index < -0.39 is 7.12 Å². The van der Waals surface area contributed by atoms with Gasteiger partial charge in [-0.2, -0.15) is 0 Å². The third-order valence-electron chi connectivity index (χ3n) is 1.79. The molecule has 0 aliphatic carbocycles. The van der Waals surface area contributed by atoms with Gasteiger partial charge in [-0.1, -0.05) is 22.0 Å². The molecule has 0 spiro atoms. The van der Waals surface area contributed by atoms with E-state index in [-0.39, 0.29) is 0 Å². The van der Waals surface area contributed by atoms with Crippen LogP contribution in [0.2, 0.25) is 0 Å². The van der Waals surface area contributed by atoms with Crippen LogP contribution in [0.1, 0.15) is 5.56 Å². The second kappa shape index (κ2) is 4.13. The maximum Gasteiger partial charge on any atom is 0.492 e. The van der Waals surface area contributed by atoms with Gasteiger partial charge in [0, 0.05) is 9.94 Å². The molecule has 0 heterocycles. The van der Waals surface area contributed by atoms with Crippen molar-refractivity contribution in [3.8, 4) is 5.75 Å². The number of hydrogen-bond donors (Lipinski definition) is 2. The van der Waals surface area contributed by atoms with Gasteiger partial charge in [0.2, 0.25) is 0 Å². The quantitative estimate of drug-likeness (QED) is 0.743. The Kier molecular flexibility index (Phi) is 3.36. The number of benzene rings is 1. The third kappa shape index (κ3) is 2.24. The van der Waals surface area contributed by atoms with Crippen LogP contribution in [0.5, 0.6) is 5.75 Å². The molecule has 0 bridgehead atoms. The minimum absolute atomic E-state index is 0.378. The largest absolute Gasteiger partial charge is 0.497 e. The summed E-state index contributed by atoms with van der Waals surface area (Å²) in [4.78, 5) is 0. The standard InChI is InChI=1S/C8H10BBrO3/c1-5-3-6(9(11)12)8(13-2)4-7(5)10/h3-4,11-12H,1-2H3. The Labute approximate surface area is 85.6 Å². The van der Waals surface area contributed by atoms with Gasteiger partial charge in [-0.25, -0.2) is 0 Å². The molecule has 0 unspecified atom stereocenters. The van der Waals surface area contributed by atoms with Crippen LogP contribution in [-0.4, -0.2) is 24.3 Å². The van der Waals surface area contributed by atoms with Crippen LogP contribution in [0, 0.1) is 6.92 Å². The lowest BCUT2D eigenvalue weighted by Crippen LogP contribution is -2.31. The highest BCUT2D eigenvalue weighted by Crippen LogP contribution is 2.20. The third-order valence-corrected chi connectivity index (χ3v) is 2.64. The zero-order valence-corrected chi connectivity index (χ0v) is 9.00. The Hall–Kier alpha value is -0.515. The van der Waals surface area contributed by atoms with Crippen molar-refractivity contribution in [2.24, 2.45) is 0 Å². The van der Waals surface area contributed by atoms with Gasteiger partial charge in [-0.15, -0.1) is 0 Å². The smallest absolute Gasteiger partial charge is 0.492 e. The van der Waals surface area contributed by atoms with Crippen LogP contribution in [0.15, 0.2) is 16.6 Å². The molecule has 1 aromatic carbocycles. The van der Waals surface area contributed by atoms with Crippen LogP contribution in [0.4, 0.5) is 0 Å². The Morgan fingerprint density at radius 3 is 2.46 bits per heavy atom. The molecule has 13 heavy (non-hydrogen) atoms. The second-order valence-corrected chi connectivity index (χ2v) is 3.57. The molecule has 3 nitrogen and oxygen atoms in total. The minimum Gasteiger partial charge on any atom is -0.497 e. The van der Waals surface area contributed by atoms with E-state index in [0.717, 1.165) is 10.0 Å². The molecule has 0 aliphatic heterocycles. The lowest BCUT2D eigenvalue weighted by atomic mass is 9.79. The van der Waals surface area contributed by atoms with Crippen molar-refractivity contribution in [1.29, 1.82) is 0 Å². The fraction of sp³-hybridized carbons (Fsp3) is 0.250. The zero-order valence-electron chi connectivity index (χ0n) is 7.41. The van der Waals surface area contributed by atoms with Gasteiger partial charge in [0.15, 0.2) is 0 Å². The fourth-order valence-electron chi connectivity index (χ4n) is 1.06. The van der Waals surface area contributed by atoms with Crippen molar-refractivity contribution < 1.29 is 14.8 Å². The fourth-order valence-corrected chi connectivity index (χ4v) is 1.39. The van der Waals surface area contributed by atoms with E-state index in [1.165, 1.54) is 7.11 Å². The monoisotopic (exact) mass is 244 g/mol. The normalized spacial score (nSPS) is 9.92. The highest BCUT2D eigenvalue weighted by atomic mass is 79.9. The summed E-state index contributed by atoms with van der Waals surface area (Å²) >= 11 is 3.33. The Bertz CT molecular complexity index is 315. The first-order chi connectivity index (χ1) is 6.06. The first-order valence-corrected chi connectivity index (χ1v) is 4.55. The van der Waals surface area contributed by atoms with Crippen LogP contribution in [-0.2, 0) is 0 Å². The summed E-state index contributed by atoms with van der Waals surface area (Å²) < 4.78 is 5.88. The van der Waals surface area contributed by atoms with Gasteiger partial charge >= 0.3 is 7.12 Å². The van der Waals surface area contributed by atoms with E-state index in [1.54, 1.807) is 12.1 Å². The van der Waals surface area contributed by atoms with Crippen LogP contribution in [0.3, 0.4) is 0 Å². The Morgan fingerprint density at radius 2 is 2.00 bits per heavy atom. The molecule has 1 rings (SSSR count). The van der Waals surface area contributed by atoms with Gasteiger partial charge in [0.25, 0.3) is 0 Å². The van der Waals surface area contributed by atoms with Crippen LogP contribution < -0.4 is 10.2 Å². The van der Waals surface area contributed by atoms with E-state index in [2.05, 4.69) is 15.9 Å². The van der Waals surface area contributed by atoms with Crippen molar-refractivity contribution in [3.63, 3.8) is 0 Å². The number of ether oxygens (including phenoxy) is 1. The number of hydrogen-bond acceptors (Lipinski definition) is 3. The number of aryl methyl sites for hydroxylation is 1. The van der Waals surface area contributed by atoms with E-state index in [4.69, 9.17) is 14.8 Å². The molecule has 0 saturated heterocycles. The summed E-state index contributed by atoms with van der Waals surface area (Å²) in [6.45, 7) is 1.87. The van der Waals surface area contributed by atoms with E-state index in [0.29, 0.717) is 11.2 Å². The molecule has 0 radical (unpaired) electrons. The lowest BCUT2D eigenvalue weighted by Gasteiger charge is -2.09. The summed E-state index contributed by atoms with van der Waals surface area (Å²) in [7, 11) is -0.00931. The predicted molar refractivity (Wildman–Crippen MR) is 55.3 cm³/mol. The summed E-state index contributed by atoms with van der Waals surface area (Å²) in [5.74, 6) is 0.465. The number of halogens is 1.